The van der Waals surface area contributed by atoms with Gasteiger partial charge in [-0.3, -0.25) is 4.79 Å². The molecule has 0 aliphatic heterocycles. The molecule has 1 saturated carbocycles. The van der Waals surface area contributed by atoms with E-state index in [4.69, 9.17) is 4.74 Å². The molecule has 150 valence electrons. The lowest BCUT2D eigenvalue weighted by molar-refractivity contribution is -0.117. The molecule has 1 aliphatic rings. The zero-order valence-electron chi connectivity index (χ0n) is 16.2. The number of nitrogens with zero attached hydrogens (tertiary/aromatic N) is 1. The quantitative estimate of drug-likeness (QED) is 0.257. The Kier molecular flexibility index (Phi) is 7.95. The molecule has 1 N–H and O–H groups in total. The van der Waals surface area contributed by atoms with E-state index in [2.05, 4.69) is 81.7 Å². The summed E-state index contributed by atoms with van der Waals surface area (Å²) in [5.41, 5.74) is 3.29. The van der Waals surface area contributed by atoms with Crippen molar-refractivity contribution in [2.75, 3.05) is 0 Å². The Bertz CT molecular complexity index is 933. The van der Waals surface area contributed by atoms with Crippen molar-refractivity contribution in [2.24, 2.45) is 0 Å². The number of hydrogen-bond donors (Lipinski definition) is 1. The van der Waals surface area contributed by atoms with Gasteiger partial charge in [0.25, 0.3) is 5.91 Å². The van der Waals surface area contributed by atoms with E-state index in [-0.39, 0.29) is 17.5 Å². The van der Waals surface area contributed by atoms with Crippen LogP contribution in [0.4, 0.5) is 0 Å². The number of hydrogen-bond acceptors (Lipinski definition) is 3. The molecular formula is C23H22I2N2O2. The average molecular weight is 612 g/mol. The van der Waals surface area contributed by atoms with Crippen molar-refractivity contribution in [1.82, 2.24) is 5.32 Å². The van der Waals surface area contributed by atoms with Gasteiger partial charge in [-0.2, -0.15) is 5.26 Å². The molecule has 0 heterocycles. The lowest BCUT2D eigenvalue weighted by Crippen LogP contribution is -2.33. The van der Waals surface area contributed by atoms with Crippen LogP contribution in [0, 0.1) is 25.4 Å². The van der Waals surface area contributed by atoms with Gasteiger partial charge >= 0.3 is 0 Å². The summed E-state index contributed by atoms with van der Waals surface area (Å²) in [5.74, 6) is 0.530. The van der Waals surface area contributed by atoms with Gasteiger partial charge in [0, 0.05) is 6.04 Å². The molecule has 6 heteroatoms. The number of ether oxygens (including phenoxy) is 1. The molecular weight excluding hydrogens is 590 g/mol. The number of nitrogens with one attached hydrogen (secondary N) is 1. The van der Waals surface area contributed by atoms with Crippen LogP contribution in [0.3, 0.4) is 0 Å². The molecule has 29 heavy (non-hydrogen) atoms. The average Bonchev–Trinajstić information content (AvgIpc) is 3.19. The van der Waals surface area contributed by atoms with Gasteiger partial charge in [-0.15, -0.1) is 0 Å². The maximum absolute atomic E-state index is 12.4. The van der Waals surface area contributed by atoms with E-state index in [1.54, 1.807) is 6.08 Å². The second-order valence-electron chi connectivity index (χ2n) is 7.21. The van der Waals surface area contributed by atoms with Crippen molar-refractivity contribution < 1.29 is 9.53 Å². The second-order valence-corrected chi connectivity index (χ2v) is 9.54. The fourth-order valence-corrected chi connectivity index (χ4v) is 5.42. The van der Waals surface area contributed by atoms with Gasteiger partial charge in [0.05, 0.1) is 7.14 Å². The molecule has 4 nitrogen and oxygen atoms in total. The van der Waals surface area contributed by atoms with Gasteiger partial charge in [0.1, 0.15) is 24.0 Å². The first-order valence-corrected chi connectivity index (χ1v) is 11.7. The van der Waals surface area contributed by atoms with Crippen molar-refractivity contribution in [1.29, 1.82) is 5.26 Å². The van der Waals surface area contributed by atoms with Crippen LogP contribution >= 0.6 is 45.2 Å². The third kappa shape index (κ3) is 6.19. The number of rotatable bonds is 6. The van der Waals surface area contributed by atoms with E-state index in [1.807, 2.05) is 18.2 Å². The third-order valence-electron chi connectivity index (χ3n) is 4.89. The molecule has 1 amide bonds. The summed E-state index contributed by atoms with van der Waals surface area (Å²) >= 11 is 4.47. The molecule has 0 saturated heterocycles. The second kappa shape index (κ2) is 10.4. The zero-order chi connectivity index (χ0) is 20.8. The molecule has 1 aliphatic carbocycles. The summed E-state index contributed by atoms with van der Waals surface area (Å²) in [4.78, 5) is 12.4. The summed E-state index contributed by atoms with van der Waals surface area (Å²) in [5, 5.41) is 12.4. The van der Waals surface area contributed by atoms with E-state index >= 15 is 0 Å². The predicted octanol–water partition coefficient (Wildman–Crippen LogP) is 5.75. The topological polar surface area (TPSA) is 62.1 Å². The number of benzene rings is 2. The standard InChI is InChI=1S/C23H22I2N2O2/c1-15-6-8-16(9-7-15)14-29-22-20(24)11-17(12-21(22)25)10-18(13-26)23(28)27-19-4-2-3-5-19/h6-12,19H,2-5,14H2,1H3,(H,27,28)/b18-10-. The number of nitriles is 1. The highest BCUT2D eigenvalue weighted by Crippen LogP contribution is 2.30. The predicted molar refractivity (Wildman–Crippen MR) is 131 cm³/mol. The molecule has 0 unspecified atom stereocenters. The van der Waals surface area contributed by atoms with E-state index < -0.39 is 0 Å². The minimum absolute atomic E-state index is 0.136. The molecule has 3 rings (SSSR count). The third-order valence-corrected chi connectivity index (χ3v) is 6.49. The number of amides is 1. The monoisotopic (exact) mass is 612 g/mol. The van der Waals surface area contributed by atoms with Crippen LogP contribution < -0.4 is 10.1 Å². The highest BCUT2D eigenvalue weighted by Gasteiger charge is 2.19. The van der Waals surface area contributed by atoms with E-state index in [1.165, 1.54) is 5.56 Å². The fraction of sp³-hybridized carbons (Fsp3) is 0.304. The van der Waals surface area contributed by atoms with Crippen LogP contribution in [0.5, 0.6) is 5.75 Å². The Morgan fingerprint density at radius 1 is 1.21 bits per heavy atom. The van der Waals surface area contributed by atoms with Crippen LogP contribution in [0.1, 0.15) is 42.4 Å². The normalized spacial score (nSPS) is 14.5. The van der Waals surface area contributed by atoms with Crippen LogP contribution in [-0.4, -0.2) is 11.9 Å². The van der Waals surface area contributed by atoms with Gasteiger partial charge in [-0.05, 0) is 94.3 Å². The van der Waals surface area contributed by atoms with Crippen LogP contribution in [0.2, 0.25) is 0 Å². The van der Waals surface area contributed by atoms with Gasteiger partial charge in [-0.25, -0.2) is 0 Å². The maximum atomic E-state index is 12.4. The first-order chi connectivity index (χ1) is 14.0. The van der Waals surface area contributed by atoms with E-state index in [9.17, 15) is 10.1 Å². The van der Waals surface area contributed by atoms with Crippen molar-refractivity contribution in [3.63, 3.8) is 0 Å². The van der Waals surface area contributed by atoms with E-state index in [0.29, 0.717) is 6.61 Å². The van der Waals surface area contributed by atoms with Crippen LogP contribution in [-0.2, 0) is 11.4 Å². The summed E-state index contributed by atoms with van der Waals surface area (Å²) < 4.78 is 7.93. The number of carbonyl (C=O) groups excluding carboxylic acids is 1. The first kappa shape index (κ1) is 22.1. The number of halogens is 2. The lowest BCUT2D eigenvalue weighted by Gasteiger charge is -2.13. The van der Waals surface area contributed by atoms with Crippen LogP contribution in [0.25, 0.3) is 6.08 Å². The maximum Gasteiger partial charge on any atom is 0.262 e. The van der Waals surface area contributed by atoms with Crippen molar-refractivity contribution >= 4 is 57.2 Å². The molecule has 0 aromatic heterocycles. The Morgan fingerprint density at radius 2 is 1.83 bits per heavy atom. The molecule has 0 spiro atoms. The lowest BCUT2D eigenvalue weighted by atomic mass is 10.1. The Morgan fingerprint density at radius 3 is 2.41 bits per heavy atom. The first-order valence-electron chi connectivity index (χ1n) is 9.56. The summed E-state index contributed by atoms with van der Waals surface area (Å²) in [6.07, 6.45) is 5.91. The van der Waals surface area contributed by atoms with E-state index in [0.717, 1.165) is 49.7 Å². The largest absolute Gasteiger partial charge is 0.487 e. The Hall–Kier alpha value is -1.60. The van der Waals surface area contributed by atoms with Gasteiger partial charge in [0.15, 0.2) is 0 Å². The molecule has 1 fully saturated rings. The molecule has 2 aromatic rings. The zero-order valence-corrected chi connectivity index (χ0v) is 20.5. The smallest absolute Gasteiger partial charge is 0.262 e. The van der Waals surface area contributed by atoms with Crippen molar-refractivity contribution in [3.05, 3.63) is 65.8 Å². The van der Waals surface area contributed by atoms with Gasteiger partial charge in [-0.1, -0.05) is 42.7 Å². The summed E-state index contributed by atoms with van der Waals surface area (Å²) in [6, 6.07) is 14.4. The number of aryl methyl sites for hydroxylation is 1. The highest BCUT2D eigenvalue weighted by atomic mass is 127. The highest BCUT2D eigenvalue weighted by molar-refractivity contribution is 14.1. The molecule has 0 atom stereocenters. The minimum atomic E-state index is -0.288. The van der Waals surface area contributed by atoms with Crippen LogP contribution in [0.15, 0.2) is 42.0 Å². The molecule has 2 aromatic carbocycles. The molecule has 0 radical (unpaired) electrons. The fourth-order valence-electron chi connectivity index (χ4n) is 3.29. The Balaban J connectivity index is 1.73. The van der Waals surface area contributed by atoms with Crippen molar-refractivity contribution in [3.8, 4) is 11.8 Å². The molecule has 0 bridgehead atoms. The van der Waals surface area contributed by atoms with Crippen molar-refractivity contribution in [2.45, 2.75) is 45.3 Å². The minimum Gasteiger partial charge on any atom is -0.487 e. The van der Waals surface area contributed by atoms with Gasteiger partial charge in [0.2, 0.25) is 0 Å². The summed E-state index contributed by atoms with van der Waals surface area (Å²) in [6.45, 7) is 2.56. The SMILES string of the molecule is Cc1ccc(COc2c(I)cc(/C=C(/C#N)C(=O)NC3CCCC3)cc2I)cc1. The summed E-state index contributed by atoms with van der Waals surface area (Å²) in [7, 11) is 0. The van der Waals surface area contributed by atoms with Gasteiger partial charge < -0.3 is 10.1 Å². The number of carbonyl (C=O) groups is 1. The Labute approximate surface area is 199 Å².